The third-order valence-corrected chi connectivity index (χ3v) is 5.09. The zero-order chi connectivity index (χ0) is 14.2. The summed E-state index contributed by atoms with van der Waals surface area (Å²) < 4.78 is 2.07. The van der Waals surface area contributed by atoms with Crippen molar-refractivity contribution in [1.82, 2.24) is 19.4 Å². The van der Waals surface area contributed by atoms with Gasteiger partial charge in [0, 0.05) is 23.5 Å². The summed E-state index contributed by atoms with van der Waals surface area (Å²) >= 11 is 3.35. The van der Waals surface area contributed by atoms with E-state index in [0.717, 1.165) is 32.3 Å². The van der Waals surface area contributed by atoms with Gasteiger partial charge in [-0.2, -0.15) is 0 Å². The van der Waals surface area contributed by atoms with E-state index < -0.39 is 0 Å². The van der Waals surface area contributed by atoms with Gasteiger partial charge >= 0.3 is 0 Å². The molecule has 0 aliphatic rings. The monoisotopic (exact) mass is 312 g/mol. The summed E-state index contributed by atoms with van der Waals surface area (Å²) in [6.45, 7) is 2.09. The van der Waals surface area contributed by atoms with E-state index in [2.05, 4.69) is 56.2 Å². The van der Waals surface area contributed by atoms with Crippen LogP contribution in [0.15, 0.2) is 47.3 Å². The molecule has 4 rings (SSSR count). The summed E-state index contributed by atoms with van der Waals surface area (Å²) in [5, 5.41) is 4.21. The third kappa shape index (κ3) is 2.41. The molecule has 0 amide bonds. The molecule has 6 heteroatoms. The van der Waals surface area contributed by atoms with Gasteiger partial charge in [0.25, 0.3) is 0 Å². The molecule has 0 bridgehead atoms. The van der Waals surface area contributed by atoms with Gasteiger partial charge in [0.1, 0.15) is 21.8 Å². The highest BCUT2D eigenvalue weighted by Gasteiger charge is 2.07. The number of thiophene rings is 1. The maximum Gasteiger partial charge on any atom is 0.137 e. The van der Waals surface area contributed by atoms with Crippen molar-refractivity contribution < 1.29 is 0 Å². The van der Waals surface area contributed by atoms with Crippen molar-refractivity contribution in [3.8, 4) is 0 Å². The van der Waals surface area contributed by atoms with Crippen LogP contribution in [0.2, 0.25) is 0 Å². The average molecular weight is 312 g/mol. The highest BCUT2D eigenvalue weighted by molar-refractivity contribution is 7.98. The van der Waals surface area contributed by atoms with E-state index in [1.165, 1.54) is 5.56 Å². The van der Waals surface area contributed by atoms with Crippen LogP contribution in [0.3, 0.4) is 0 Å². The van der Waals surface area contributed by atoms with Gasteiger partial charge in [-0.05, 0) is 30.0 Å². The lowest BCUT2D eigenvalue weighted by Gasteiger charge is -1.99. The van der Waals surface area contributed by atoms with E-state index >= 15 is 0 Å². The normalized spacial score (nSPS) is 11.5. The Labute approximate surface area is 129 Å². The second-order valence-electron chi connectivity index (χ2n) is 4.81. The second-order valence-corrected chi connectivity index (χ2v) is 6.67. The Morgan fingerprint density at radius 3 is 3.10 bits per heavy atom. The fourth-order valence-corrected chi connectivity index (χ4v) is 3.91. The Morgan fingerprint density at radius 2 is 2.14 bits per heavy atom. The lowest BCUT2D eigenvalue weighted by molar-refractivity contribution is 1.10. The van der Waals surface area contributed by atoms with Crippen LogP contribution in [0, 0.1) is 6.92 Å². The molecule has 0 aromatic carbocycles. The van der Waals surface area contributed by atoms with Gasteiger partial charge in [-0.15, -0.1) is 11.3 Å². The number of thioether (sulfide) groups is 1. The van der Waals surface area contributed by atoms with Crippen LogP contribution < -0.4 is 0 Å². The van der Waals surface area contributed by atoms with Gasteiger partial charge in [-0.25, -0.2) is 15.0 Å². The van der Waals surface area contributed by atoms with Gasteiger partial charge in [0.2, 0.25) is 0 Å². The first-order chi connectivity index (χ1) is 10.3. The summed E-state index contributed by atoms with van der Waals surface area (Å²) in [4.78, 5) is 14.3. The molecule has 0 N–H and O–H groups in total. The second kappa shape index (κ2) is 5.13. The van der Waals surface area contributed by atoms with E-state index in [9.17, 15) is 0 Å². The number of rotatable bonds is 3. The maximum atomic E-state index is 4.64. The quantitative estimate of drug-likeness (QED) is 0.424. The lowest BCUT2D eigenvalue weighted by Crippen LogP contribution is -1.85. The molecule has 4 heterocycles. The Morgan fingerprint density at radius 1 is 1.19 bits per heavy atom. The molecule has 0 unspecified atom stereocenters. The first-order valence-corrected chi connectivity index (χ1v) is 8.41. The fraction of sp³-hybridized carbons (Fsp3) is 0.133. The van der Waals surface area contributed by atoms with Gasteiger partial charge in [-0.3, -0.25) is 0 Å². The van der Waals surface area contributed by atoms with Crippen molar-refractivity contribution >= 4 is 39.0 Å². The van der Waals surface area contributed by atoms with E-state index in [0.29, 0.717) is 0 Å². The number of pyridine rings is 1. The van der Waals surface area contributed by atoms with Crippen LogP contribution in [0.1, 0.15) is 11.3 Å². The van der Waals surface area contributed by atoms with Crippen LogP contribution in [0.5, 0.6) is 0 Å². The number of aryl methyl sites for hydroxylation is 1. The van der Waals surface area contributed by atoms with E-state index in [4.69, 9.17) is 0 Å². The molecular weight excluding hydrogens is 300 g/mol. The van der Waals surface area contributed by atoms with Crippen LogP contribution in [0.4, 0.5) is 0 Å². The first-order valence-electron chi connectivity index (χ1n) is 6.55. The molecule has 0 atom stereocenters. The highest BCUT2D eigenvalue weighted by atomic mass is 32.2. The Hall–Kier alpha value is -1.92. The third-order valence-electron chi connectivity index (χ3n) is 3.23. The van der Waals surface area contributed by atoms with Crippen molar-refractivity contribution in [2.45, 2.75) is 17.7 Å². The highest BCUT2D eigenvalue weighted by Crippen LogP contribution is 2.29. The zero-order valence-corrected chi connectivity index (χ0v) is 13.0. The topological polar surface area (TPSA) is 43.1 Å². The first kappa shape index (κ1) is 12.8. The molecule has 4 nitrogen and oxygen atoms in total. The molecule has 0 saturated carbocycles. The molecule has 4 aromatic rings. The van der Waals surface area contributed by atoms with Crippen LogP contribution >= 0.6 is 23.1 Å². The summed E-state index contributed by atoms with van der Waals surface area (Å²) in [7, 11) is 0. The predicted molar refractivity (Wildman–Crippen MR) is 86.9 cm³/mol. The molecule has 0 aliphatic heterocycles. The van der Waals surface area contributed by atoms with Crippen molar-refractivity contribution in [3.05, 3.63) is 53.6 Å². The van der Waals surface area contributed by atoms with E-state index in [1.54, 1.807) is 29.4 Å². The largest absolute Gasteiger partial charge is 0.307 e. The maximum absolute atomic E-state index is 4.64. The minimum absolute atomic E-state index is 0.808. The van der Waals surface area contributed by atoms with E-state index in [1.807, 2.05) is 6.07 Å². The standard InChI is InChI=1S/C15H12N4S2/c1-10-2-3-13-18-11(7-19(13)6-10)8-21-15-12-4-5-20-14(12)16-9-17-15/h2-7,9H,8H2,1H3. The lowest BCUT2D eigenvalue weighted by atomic mass is 10.3. The Bertz CT molecular complexity index is 926. The van der Waals surface area contributed by atoms with Crippen molar-refractivity contribution in [2.75, 3.05) is 0 Å². The van der Waals surface area contributed by atoms with Gasteiger partial charge in [0.05, 0.1) is 5.69 Å². The molecule has 0 fully saturated rings. The number of aromatic nitrogens is 4. The fourth-order valence-electron chi connectivity index (χ4n) is 2.25. The number of imidazole rings is 1. The van der Waals surface area contributed by atoms with Gasteiger partial charge < -0.3 is 4.40 Å². The summed E-state index contributed by atoms with van der Waals surface area (Å²) in [6.07, 6.45) is 5.81. The van der Waals surface area contributed by atoms with Crippen LogP contribution in [0.25, 0.3) is 15.9 Å². The molecular formula is C15H12N4S2. The Kier molecular flexibility index (Phi) is 3.12. The average Bonchev–Trinajstić information content (AvgIpc) is 3.10. The van der Waals surface area contributed by atoms with Crippen molar-refractivity contribution in [3.63, 3.8) is 0 Å². The molecule has 0 aliphatic carbocycles. The molecule has 104 valence electrons. The smallest absolute Gasteiger partial charge is 0.137 e. The van der Waals surface area contributed by atoms with Gasteiger partial charge in [0.15, 0.2) is 0 Å². The van der Waals surface area contributed by atoms with Crippen molar-refractivity contribution in [1.29, 1.82) is 0 Å². The molecule has 0 radical (unpaired) electrons. The van der Waals surface area contributed by atoms with Crippen LogP contribution in [-0.2, 0) is 5.75 Å². The number of nitrogens with zero attached hydrogens (tertiary/aromatic N) is 4. The summed E-state index contributed by atoms with van der Waals surface area (Å²) in [6, 6.07) is 6.21. The summed E-state index contributed by atoms with van der Waals surface area (Å²) in [5.74, 6) is 0.808. The molecule has 0 saturated heterocycles. The van der Waals surface area contributed by atoms with E-state index in [-0.39, 0.29) is 0 Å². The molecule has 0 spiro atoms. The molecule has 21 heavy (non-hydrogen) atoms. The predicted octanol–water partition coefficient (Wildman–Crippen LogP) is 3.94. The number of fused-ring (bicyclic) bond motifs is 2. The Balaban J connectivity index is 1.61. The zero-order valence-electron chi connectivity index (χ0n) is 11.4. The van der Waals surface area contributed by atoms with Gasteiger partial charge in [-0.1, -0.05) is 17.8 Å². The molecule has 4 aromatic heterocycles. The van der Waals surface area contributed by atoms with Crippen LogP contribution in [-0.4, -0.2) is 19.4 Å². The summed E-state index contributed by atoms with van der Waals surface area (Å²) in [5.41, 5.74) is 3.28. The minimum atomic E-state index is 0.808. The number of hydrogen-bond acceptors (Lipinski definition) is 5. The SMILES string of the molecule is Cc1ccc2nc(CSc3ncnc4sccc34)cn2c1. The number of hydrogen-bond donors (Lipinski definition) is 0. The minimum Gasteiger partial charge on any atom is -0.307 e. The van der Waals surface area contributed by atoms with Crippen molar-refractivity contribution in [2.24, 2.45) is 0 Å².